The molecule has 1 N–H and O–H groups in total. The monoisotopic (exact) mass is 396 g/mol. The summed E-state index contributed by atoms with van der Waals surface area (Å²) >= 11 is 0. The Kier molecular flexibility index (Phi) is 6.43. The van der Waals surface area contributed by atoms with Crippen molar-refractivity contribution < 1.29 is 14.6 Å². The van der Waals surface area contributed by atoms with E-state index in [4.69, 9.17) is 9.47 Å². The Labute approximate surface area is 177 Å². The van der Waals surface area contributed by atoms with E-state index in [9.17, 15) is 5.11 Å². The molecule has 0 saturated carbocycles. The molecule has 0 fully saturated rings. The van der Waals surface area contributed by atoms with E-state index in [1.165, 1.54) is 0 Å². The topological polar surface area (TPSA) is 38.7 Å². The largest absolute Gasteiger partial charge is 0.491 e. The van der Waals surface area contributed by atoms with Gasteiger partial charge in [0.15, 0.2) is 0 Å². The molecular weight excluding hydrogens is 372 g/mol. The fourth-order valence-corrected chi connectivity index (χ4v) is 3.25. The number of benzene rings is 4. The first-order valence-corrected chi connectivity index (χ1v) is 10.0. The van der Waals surface area contributed by atoms with Gasteiger partial charge in [0.05, 0.1) is 0 Å². The summed E-state index contributed by atoms with van der Waals surface area (Å²) in [6.45, 7) is 0.324. The number of ether oxygens (including phenoxy) is 2. The molecule has 1 unspecified atom stereocenters. The van der Waals surface area contributed by atoms with Crippen LogP contribution in [0.25, 0.3) is 22.3 Å². The quantitative estimate of drug-likeness (QED) is 0.407. The van der Waals surface area contributed by atoms with Gasteiger partial charge in [-0.25, -0.2) is 0 Å². The van der Waals surface area contributed by atoms with Crippen LogP contribution in [-0.2, 0) is 0 Å². The van der Waals surface area contributed by atoms with Gasteiger partial charge >= 0.3 is 0 Å². The van der Waals surface area contributed by atoms with Crippen LogP contribution in [0.5, 0.6) is 11.5 Å². The summed E-state index contributed by atoms with van der Waals surface area (Å²) in [5, 5.41) is 10.3. The van der Waals surface area contributed by atoms with Gasteiger partial charge in [-0.05, 0) is 34.9 Å². The van der Waals surface area contributed by atoms with Crippen molar-refractivity contribution in [2.75, 3.05) is 13.2 Å². The summed E-state index contributed by atoms with van der Waals surface area (Å²) in [4.78, 5) is 0. The fourth-order valence-electron chi connectivity index (χ4n) is 3.25. The number of aliphatic hydroxyl groups excluding tert-OH is 1. The molecule has 0 spiro atoms. The van der Waals surface area contributed by atoms with Crippen LogP contribution in [0.1, 0.15) is 0 Å². The number of rotatable bonds is 8. The second kappa shape index (κ2) is 9.77. The molecule has 3 heteroatoms. The third-order valence-corrected chi connectivity index (χ3v) is 4.81. The van der Waals surface area contributed by atoms with Crippen LogP contribution in [0, 0.1) is 0 Å². The molecule has 4 rings (SSSR count). The molecule has 0 radical (unpaired) electrons. The molecule has 1 atom stereocenters. The smallest absolute Gasteiger partial charge is 0.127 e. The molecule has 0 amide bonds. The third-order valence-electron chi connectivity index (χ3n) is 4.81. The van der Waals surface area contributed by atoms with Crippen molar-refractivity contribution in [2.24, 2.45) is 0 Å². The average Bonchev–Trinajstić information content (AvgIpc) is 2.83. The molecule has 4 aromatic carbocycles. The van der Waals surface area contributed by atoms with E-state index >= 15 is 0 Å². The number of aliphatic hydroxyl groups is 1. The molecule has 30 heavy (non-hydrogen) atoms. The maximum absolute atomic E-state index is 10.3. The Balaban J connectivity index is 1.31. The highest BCUT2D eigenvalue weighted by Gasteiger charge is 2.10. The first-order valence-electron chi connectivity index (χ1n) is 10.0. The fraction of sp³-hybridized carbons (Fsp3) is 0.111. The van der Waals surface area contributed by atoms with Gasteiger partial charge in [-0.3, -0.25) is 0 Å². The SMILES string of the molecule is OC(COc1ccc(-c2ccccc2)cc1)COc1ccccc1-c1ccccc1. The third kappa shape index (κ3) is 5.07. The lowest BCUT2D eigenvalue weighted by molar-refractivity contribution is 0.0628. The first kappa shape index (κ1) is 19.7. The van der Waals surface area contributed by atoms with Crippen LogP contribution in [0.3, 0.4) is 0 Å². The Morgan fingerprint density at radius 3 is 1.77 bits per heavy atom. The molecule has 0 saturated heterocycles. The predicted octanol–water partition coefficient (Wildman–Crippen LogP) is 5.84. The summed E-state index contributed by atoms with van der Waals surface area (Å²) in [7, 11) is 0. The molecule has 0 aliphatic heterocycles. The van der Waals surface area contributed by atoms with Crippen LogP contribution in [0.2, 0.25) is 0 Å². The first-order chi connectivity index (χ1) is 14.8. The lowest BCUT2D eigenvalue weighted by Gasteiger charge is -2.16. The van der Waals surface area contributed by atoms with Crippen molar-refractivity contribution in [3.05, 3.63) is 109 Å². The van der Waals surface area contributed by atoms with Gasteiger partial charge in [-0.2, -0.15) is 0 Å². The predicted molar refractivity (Wildman–Crippen MR) is 121 cm³/mol. The van der Waals surface area contributed by atoms with Crippen molar-refractivity contribution in [1.82, 2.24) is 0 Å². The van der Waals surface area contributed by atoms with Crippen molar-refractivity contribution >= 4 is 0 Å². The maximum Gasteiger partial charge on any atom is 0.127 e. The highest BCUT2D eigenvalue weighted by atomic mass is 16.5. The molecule has 0 bridgehead atoms. The van der Waals surface area contributed by atoms with Crippen LogP contribution in [0.15, 0.2) is 109 Å². The zero-order valence-corrected chi connectivity index (χ0v) is 16.6. The van der Waals surface area contributed by atoms with E-state index in [0.717, 1.165) is 33.8 Å². The second-order valence-electron chi connectivity index (χ2n) is 7.03. The van der Waals surface area contributed by atoms with Crippen molar-refractivity contribution in [3.8, 4) is 33.8 Å². The molecule has 0 heterocycles. The molecule has 0 aliphatic rings. The van der Waals surface area contributed by atoms with Gasteiger partial charge in [0.2, 0.25) is 0 Å². The summed E-state index contributed by atoms with van der Waals surface area (Å²) in [6, 6.07) is 36.0. The highest BCUT2D eigenvalue weighted by molar-refractivity contribution is 5.70. The van der Waals surface area contributed by atoms with Crippen molar-refractivity contribution in [1.29, 1.82) is 0 Å². The van der Waals surface area contributed by atoms with Gasteiger partial charge in [0.1, 0.15) is 30.8 Å². The number of hydrogen-bond acceptors (Lipinski definition) is 3. The summed E-state index contributed by atoms with van der Waals surface area (Å²) < 4.78 is 11.6. The van der Waals surface area contributed by atoms with E-state index in [-0.39, 0.29) is 13.2 Å². The Morgan fingerprint density at radius 1 is 0.533 bits per heavy atom. The Bertz CT molecular complexity index is 1040. The Hall–Kier alpha value is -3.56. The number of hydrogen-bond donors (Lipinski definition) is 1. The standard InChI is InChI=1S/C27H24O3/c28-24(19-29-25-17-15-22(16-18-25)21-9-3-1-4-10-21)20-30-27-14-8-7-13-26(27)23-11-5-2-6-12-23/h1-18,24,28H,19-20H2. The van der Waals surface area contributed by atoms with Gasteiger partial charge in [-0.1, -0.05) is 91.0 Å². The van der Waals surface area contributed by atoms with E-state index in [0.29, 0.717) is 0 Å². The van der Waals surface area contributed by atoms with Gasteiger partial charge in [0.25, 0.3) is 0 Å². The highest BCUT2D eigenvalue weighted by Crippen LogP contribution is 2.29. The van der Waals surface area contributed by atoms with Crippen molar-refractivity contribution in [2.45, 2.75) is 6.10 Å². The molecule has 0 aromatic heterocycles. The van der Waals surface area contributed by atoms with Crippen LogP contribution in [0.4, 0.5) is 0 Å². The van der Waals surface area contributed by atoms with Crippen LogP contribution < -0.4 is 9.47 Å². The lowest BCUT2D eigenvalue weighted by Crippen LogP contribution is -2.25. The Morgan fingerprint density at radius 2 is 1.07 bits per heavy atom. The van der Waals surface area contributed by atoms with Crippen molar-refractivity contribution in [3.63, 3.8) is 0 Å². The van der Waals surface area contributed by atoms with Gasteiger partial charge < -0.3 is 14.6 Å². The minimum atomic E-state index is -0.734. The molecule has 4 aromatic rings. The van der Waals surface area contributed by atoms with Crippen LogP contribution in [-0.4, -0.2) is 24.4 Å². The molecular formula is C27H24O3. The zero-order valence-electron chi connectivity index (χ0n) is 16.6. The minimum absolute atomic E-state index is 0.159. The minimum Gasteiger partial charge on any atom is -0.491 e. The molecule has 150 valence electrons. The van der Waals surface area contributed by atoms with E-state index < -0.39 is 6.10 Å². The van der Waals surface area contributed by atoms with Gasteiger partial charge in [-0.15, -0.1) is 0 Å². The van der Waals surface area contributed by atoms with Crippen LogP contribution >= 0.6 is 0 Å². The van der Waals surface area contributed by atoms with E-state index in [2.05, 4.69) is 12.1 Å². The molecule has 0 aliphatic carbocycles. The van der Waals surface area contributed by atoms with E-state index in [1.807, 2.05) is 97.1 Å². The summed E-state index contributed by atoms with van der Waals surface area (Å²) in [5.74, 6) is 1.47. The summed E-state index contributed by atoms with van der Waals surface area (Å²) in [5.41, 5.74) is 4.37. The maximum atomic E-state index is 10.3. The molecule has 3 nitrogen and oxygen atoms in total. The van der Waals surface area contributed by atoms with E-state index in [1.54, 1.807) is 0 Å². The average molecular weight is 396 g/mol. The lowest BCUT2D eigenvalue weighted by atomic mass is 10.1. The normalized spacial score (nSPS) is 11.6. The number of para-hydroxylation sites is 1. The zero-order chi connectivity index (χ0) is 20.6. The van der Waals surface area contributed by atoms with Gasteiger partial charge in [0, 0.05) is 5.56 Å². The summed E-state index contributed by atoms with van der Waals surface area (Å²) in [6.07, 6.45) is -0.734. The second-order valence-corrected chi connectivity index (χ2v) is 7.03.